The number of phenols is 1. The largest absolute Gasteiger partial charge is 0.508 e. The Morgan fingerprint density at radius 1 is 0.852 bits per heavy atom. The third kappa shape index (κ3) is 2.58. The van der Waals surface area contributed by atoms with Crippen LogP contribution in [0.2, 0.25) is 0 Å². The number of nitrogens with zero attached hydrogens (tertiary/aromatic N) is 2. The highest BCUT2D eigenvalue weighted by Crippen LogP contribution is 2.34. The van der Waals surface area contributed by atoms with Gasteiger partial charge in [-0.25, -0.2) is 0 Å². The van der Waals surface area contributed by atoms with E-state index in [-0.39, 0.29) is 5.75 Å². The first-order valence-electron chi connectivity index (χ1n) is 8.35. The molecule has 2 heterocycles. The third-order valence-electron chi connectivity index (χ3n) is 4.47. The molecule has 0 aliphatic heterocycles. The molecule has 6 nitrogen and oxygen atoms in total. The molecule has 5 rings (SSSR count). The van der Waals surface area contributed by atoms with Crippen molar-refractivity contribution in [1.82, 2.24) is 10.1 Å². The van der Waals surface area contributed by atoms with Gasteiger partial charge >= 0.3 is 0 Å². The van der Waals surface area contributed by atoms with Crippen LogP contribution >= 0.6 is 0 Å². The highest BCUT2D eigenvalue weighted by molar-refractivity contribution is 6.06. The van der Waals surface area contributed by atoms with E-state index >= 15 is 0 Å². The van der Waals surface area contributed by atoms with Gasteiger partial charge in [0.1, 0.15) is 22.7 Å². The second-order valence-corrected chi connectivity index (χ2v) is 6.15. The van der Waals surface area contributed by atoms with Crippen LogP contribution < -0.4 is 4.74 Å². The van der Waals surface area contributed by atoms with Gasteiger partial charge in [0.05, 0.1) is 7.11 Å². The van der Waals surface area contributed by atoms with Gasteiger partial charge in [-0.3, -0.25) is 0 Å². The van der Waals surface area contributed by atoms with Crippen molar-refractivity contribution in [3.63, 3.8) is 0 Å². The zero-order valence-corrected chi connectivity index (χ0v) is 14.3. The minimum absolute atomic E-state index is 0.186. The molecule has 0 bridgehead atoms. The fraction of sp³-hybridized carbons (Fsp3) is 0.0476. The predicted molar refractivity (Wildman–Crippen MR) is 101 cm³/mol. The lowest BCUT2D eigenvalue weighted by Crippen LogP contribution is -1.82. The highest BCUT2D eigenvalue weighted by atomic mass is 16.5. The van der Waals surface area contributed by atoms with Crippen molar-refractivity contribution in [3.05, 3.63) is 60.7 Å². The first-order valence-corrected chi connectivity index (χ1v) is 8.35. The Hall–Kier alpha value is -3.80. The molecule has 0 aliphatic rings. The Labute approximate surface area is 153 Å². The first kappa shape index (κ1) is 15.5. The van der Waals surface area contributed by atoms with E-state index in [1.54, 1.807) is 31.4 Å². The zero-order chi connectivity index (χ0) is 18.4. The van der Waals surface area contributed by atoms with Crippen LogP contribution in [0.5, 0.6) is 11.5 Å². The fourth-order valence-electron chi connectivity index (χ4n) is 3.08. The molecule has 1 N–H and O–H groups in total. The van der Waals surface area contributed by atoms with Crippen molar-refractivity contribution < 1.29 is 18.8 Å². The van der Waals surface area contributed by atoms with Gasteiger partial charge in [-0.2, -0.15) is 4.98 Å². The van der Waals surface area contributed by atoms with Crippen LogP contribution in [0.25, 0.3) is 44.8 Å². The molecule has 0 saturated carbocycles. The van der Waals surface area contributed by atoms with Crippen molar-refractivity contribution in [2.45, 2.75) is 0 Å². The second kappa shape index (κ2) is 5.88. The molecule has 0 amide bonds. The van der Waals surface area contributed by atoms with Crippen LogP contribution in [0.15, 0.2) is 69.6 Å². The molecule has 0 radical (unpaired) electrons. The minimum Gasteiger partial charge on any atom is -0.508 e. The lowest BCUT2D eigenvalue weighted by molar-refractivity contribution is 0.415. The van der Waals surface area contributed by atoms with Crippen molar-refractivity contribution >= 4 is 21.9 Å². The monoisotopic (exact) mass is 358 g/mol. The SMILES string of the molecule is COc1ccc2oc3ccc(-c4noc(-c5ccc(O)cc5)n4)cc3c2c1. The third-order valence-corrected chi connectivity index (χ3v) is 4.47. The van der Waals surface area contributed by atoms with Crippen molar-refractivity contribution in [1.29, 1.82) is 0 Å². The summed E-state index contributed by atoms with van der Waals surface area (Å²) in [7, 11) is 1.64. The molecule has 132 valence electrons. The molecule has 27 heavy (non-hydrogen) atoms. The van der Waals surface area contributed by atoms with E-state index in [1.165, 1.54) is 0 Å². The fourth-order valence-corrected chi connectivity index (χ4v) is 3.08. The second-order valence-electron chi connectivity index (χ2n) is 6.15. The standard InChI is InChI=1S/C21H14N2O4/c1-25-15-7-9-19-17(11-15)16-10-13(4-8-18(16)26-19)20-22-21(27-23-20)12-2-5-14(24)6-3-12/h2-11,24H,1H3. The molecule has 0 fully saturated rings. The Morgan fingerprint density at radius 2 is 1.56 bits per heavy atom. The number of methoxy groups -OCH3 is 1. The average molecular weight is 358 g/mol. The quantitative estimate of drug-likeness (QED) is 0.488. The van der Waals surface area contributed by atoms with E-state index in [1.807, 2.05) is 36.4 Å². The summed E-state index contributed by atoms with van der Waals surface area (Å²) in [5, 5.41) is 15.4. The Kier molecular flexibility index (Phi) is 3.36. The number of furan rings is 1. The van der Waals surface area contributed by atoms with Gasteiger partial charge in [-0.1, -0.05) is 5.16 Å². The zero-order valence-electron chi connectivity index (χ0n) is 14.3. The van der Waals surface area contributed by atoms with E-state index in [0.29, 0.717) is 11.7 Å². The van der Waals surface area contributed by atoms with Crippen molar-refractivity contribution in [2.24, 2.45) is 0 Å². The number of benzene rings is 3. The van der Waals surface area contributed by atoms with E-state index < -0.39 is 0 Å². The van der Waals surface area contributed by atoms with Crippen LogP contribution in [0.1, 0.15) is 0 Å². The molecule has 2 aromatic heterocycles. The van der Waals surface area contributed by atoms with Gasteiger partial charge in [0, 0.05) is 21.9 Å². The summed E-state index contributed by atoms with van der Waals surface area (Å²) in [6.07, 6.45) is 0. The average Bonchev–Trinajstić information content (AvgIpc) is 3.32. The molecule has 0 saturated heterocycles. The molecule has 3 aromatic carbocycles. The van der Waals surface area contributed by atoms with Crippen LogP contribution in [-0.2, 0) is 0 Å². The van der Waals surface area contributed by atoms with Crippen LogP contribution in [0.3, 0.4) is 0 Å². The summed E-state index contributed by atoms with van der Waals surface area (Å²) in [5.74, 6) is 1.83. The molecule has 0 aliphatic carbocycles. The Bertz CT molecular complexity index is 1270. The Balaban J connectivity index is 1.60. The smallest absolute Gasteiger partial charge is 0.258 e. The van der Waals surface area contributed by atoms with Gasteiger partial charge in [-0.15, -0.1) is 0 Å². The summed E-state index contributed by atoms with van der Waals surface area (Å²) < 4.78 is 16.6. The van der Waals surface area contributed by atoms with Gasteiger partial charge in [0.2, 0.25) is 5.82 Å². The summed E-state index contributed by atoms with van der Waals surface area (Å²) in [4.78, 5) is 4.47. The van der Waals surface area contributed by atoms with Gasteiger partial charge in [0.15, 0.2) is 0 Å². The topological polar surface area (TPSA) is 81.5 Å². The molecule has 0 unspecified atom stereocenters. The van der Waals surface area contributed by atoms with Gasteiger partial charge < -0.3 is 18.8 Å². The van der Waals surface area contributed by atoms with E-state index in [9.17, 15) is 5.11 Å². The molecule has 0 spiro atoms. The van der Waals surface area contributed by atoms with Crippen molar-refractivity contribution in [3.8, 4) is 34.3 Å². The Morgan fingerprint density at radius 3 is 2.33 bits per heavy atom. The number of hydrogen-bond acceptors (Lipinski definition) is 6. The number of phenolic OH excluding ortho intramolecular Hbond substituents is 1. The molecular weight excluding hydrogens is 344 g/mol. The number of ether oxygens (including phenoxy) is 1. The number of rotatable bonds is 3. The summed E-state index contributed by atoms with van der Waals surface area (Å²) in [6, 6.07) is 18.1. The maximum atomic E-state index is 9.41. The van der Waals surface area contributed by atoms with E-state index in [2.05, 4.69) is 10.1 Å². The maximum Gasteiger partial charge on any atom is 0.258 e. The highest BCUT2D eigenvalue weighted by Gasteiger charge is 2.14. The predicted octanol–water partition coefficient (Wildman–Crippen LogP) is 5.02. The first-order chi connectivity index (χ1) is 13.2. The summed E-state index contributed by atoms with van der Waals surface area (Å²) in [6.45, 7) is 0. The maximum absolute atomic E-state index is 9.41. The molecule has 5 aromatic rings. The van der Waals surface area contributed by atoms with Gasteiger partial charge in [0.25, 0.3) is 5.89 Å². The summed E-state index contributed by atoms with van der Waals surface area (Å²) in [5.41, 5.74) is 3.14. The number of fused-ring (bicyclic) bond motifs is 3. The van der Waals surface area contributed by atoms with Crippen LogP contribution in [-0.4, -0.2) is 22.4 Å². The van der Waals surface area contributed by atoms with Crippen LogP contribution in [0.4, 0.5) is 0 Å². The number of aromatic nitrogens is 2. The van der Waals surface area contributed by atoms with E-state index in [4.69, 9.17) is 13.7 Å². The molecule has 6 heteroatoms. The molecule has 0 atom stereocenters. The summed E-state index contributed by atoms with van der Waals surface area (Å²) >= 11 is 0. The number of aromatic hydroxyl groups is 1. The van der Waals surface area contributed by atoms with Gasteiger partial charge in [-0.05, 0) is 60.7 Å². The number of hydrogen-bond donors (Lipinski definition) is 1. The lowest BCUT2D eigenvalue weighted by atomic mass is 10.1. The van der Waals surface area contributed by atoms with Crippen molar-refractivity contribution in [2.75, 3.05) is 7.11 Å². The normalized spacial score (nSPS) is 11.3. The lowest BCUT2D eigenvalue weighted by Gasteiger charge is -1.98. The minimum atomic E-state index is 0.186. The van der Waals surface area contributed by atoms with E-state index in [0.717, 1.165) is 38.8 Å². The van der Waals surface area contributed by atoms with Crippen LogP contribution in [0, 0.1) is 0 Å². The molecular formula is C21H14N2O4.